The monoisotopic (exact) mass is 459 g/mol. The molecule has 0 bridgehead atoms. The van der Waals surface area contributed by atoms with E-state index in [-0.39, 0.29) is 41.1 Å². The molecule has 1 aromatic carbocycles. The predicted octanol–water partition coefficient (Wildman–Crippen LogP) is 2.34. The first-order chi connectivity index (χ1) is 15.0. The number of anilines is 2. The third-order valence-electron chi connectivity index (χ3n) is 4.34. The van der Waals surface area contributed by atoms with E-state index in [2.05, 4.69) is 25.1 Å². The van der Waals surface area contributed by atoms with Gasteiger partial charge in [-0.15, -0.1) is 0 Å². The maximum atomic E-state index is 12.6. The SMILES string of the molecule is Cc1cc(C)nc(NS(=O)(=O)c2ccc(NC(=O)CCn3cc([N+](=O)[O-])c(C)n3)cc2)n1. The van der Waals surface area contributed by atoms with E-state index in [4.69, 9.17) is 0 Å². The van der Waals surface area contributed by atoms with E-state index in [1.807, 2.05) is 0 Å². The molecule has 13 heteroatoms. The Morgan fingerprint density at radius 1 is 1.12 bits per heavy atom. The van der Waals surface area contributed by atoms with Crippen molar-refractivity contribution >= 4 is 33.3 Å². The summed E-state index contributed by atoms with van der Waals surface area (Å²) in [4.78, 5) is 30.6. The molecular weight excluding hydrogens is 438 g/mol. The minimum absolute atomic E-state index is 0.0161. The molecule has 0 atom stereocenters. The van der Waals surface area contributed by atoms with E-state index in [0.29, 0.717) is 17.1 Å². The molecule has 3 rings (SSSR count). The molecule has 0 radical (unpaired) electrons. The topological polar surface area (TPSA) is 162 Å². The molecule has 0 fully saturated rings. The summed E-state index contributed by atoms with van der Waals surface area (Å²) in [5.74, 6) is -0.368. The number of hydrogen-bond donors (Lipinski definition) is 2. The number of aryl methyl sites for hydroxylation is 4. The molecule has 2 aromatic heterocycles. The van der Waals surface area contributed by atoms with Gasteiger partial charge < -0.3 is 5.32 Å². The van der Waals surface area contributed by atoms with Crippen LogP contribution in [0.25, 0.3) is 0 Å². The van der Waals surface area contributed by atoms with Crippen molar-refractivity contribution in [2.24, 2.45) is 0 Å². The summed E-state index contributed by atoms with van der Waals surface area (Å²) in [6.45, 7) is 5.15. The largest absolute Gasteiger partial charge is 0.326 e. The minimum atomic E-state index is -3.90. The summed E-state index contributed by atoms with van der Waals surface area (Å²) in [6.07, 6.45) is 1.30. The molecule has 1 amide bonds. The molecule has 168 valence electrons. The van der Waals surface area contributed by atoms with Crippen LogP contribution in [-0.2, 0) is 21.4 Å². The number of nitrogens with one attached hydrogen (secondary N) is 2. The standard InChI is InChI=1S/C19H21N7O5S/c1-12-10-13(2)21-19(20-12)24-32(30,31)16-6-4-15(5-7-16)22-18(27)8-9-25-11-17(26(28)29)14(3)23-25/h4-7,10-11H,8-9H2,1-3H3,(H,22,27)(H,20,21,24). The molecule has 0 aliphatic carbocycles. The maximum Gasteiger partial charge on any atom is 0.309 e. The average molecular weight is 459 g/mol. The molecule has 0 spiro atoms. The van der Waals surface area contributed by atoms with Gasteiger partial charge in [0.25, 0.3) is 10.0 Å². The molecule has 0 saturated heterocycles. The molecule has 0 aliphatic heterocycles. The smallest absolute Gasteiger partial charge is 0.309 e. The number of benzene rings is 1. The third-order valence-corrected chi connectivity index (χ3v) is 5.69. The van der Waals surface area contributed by atoms with Crippen LogP contribution in [0.3, 0.4) is 0 Å². The van der Waals surface area contributed by atoms with Crippen LogP contribution < -0.4 is 10.0 Å². The van der Waals surface area contributed by atoms with Gasteiger partial charge in [-0.3, -0.25) is 19.6 Å². The van der Waals surface area contributed by atoms with Crippen molar-refractivity contribution in [3.05, 3.63) is 63.7 Å². The van der Waals surface area contributed by atoms with E-state index in [1.165, 1.54) is 42.1 Å². The number of nitrogens with zero attached hydrogens (tertiary/aromatic N) is 5. The van der Waals surface area contributed by atoms with E-state index in [0.717, 1.165) is 0 Å². The van der Waals surface area contributed by atoms with Crippen LogP contribution in [0.5, 0.6) is 0 Å². The van der Waals surface area contributed by atoms with E-state index >= 15 is 0 Å². The summed E-state index contributed by atoms with van der Waals surface area (Å²) in [7, 11) is -3.90. The van der Waals surface area contributed by atoms with E-state index in [1.54, 1.807) is 19.9 Å². The van der Waals surface area contributed by atoms with Crippen LogP contribution in [0, 0.1) is 30.9 Å². The highest BCUT2D eigenvalue weighted by Crippen LogP contribution is 2.18. The summed E-state index contributed by atoms with van der Waals surface area (Å²) >= 11 is 0. The quantitative estimate of drug-likeness (QED) is 0.383. The normalized spacial score (nSPS) is 11.2. The van der Waals surface area contributed by atoms with Crippen LogP contribution in [0.1, 0.15) is 23.5 Å². The predicted molar refractivity (Wildman–Crippen MR) is 116 cm³/mol. The van der Waals surface area contributed by atoms with Crippen molar-refractivity contribution in [2.45, 2.75) is 38.6 Å². The van der Waals surface area contributed by atoms with Gasteiger partial charge in [0, 0.05) is 30.0 Å². The van der Waals surface area contributed by atoms with Crippen LogP contribution in [-0.4, -0.2) is 39.0 Å². The van der Waals surface area contributed by atoms with E-state index in [9.17, 15) is 23.3 Å². The van der Waals surface area contributed by atoms with Crippen LogP contribution in [0.4, 0.5) is 17.3 Å². The lowest BCUT2D eigenvalue weighted by Gasteiger charge is -2.09. The highest BCUT2D eigenvalue weighted by atomic mass is 32.2. The number of aromatic nitrogens is 4. The van der Waals surface area contributed by atoms with Crippen molar-refractivity contribution < 1.29 is 18.1 Å². The first-order valence-electron chi connectivity index (χ1n) is 9.47. The van der Waals surface area contributed by atoms with Gasteiger partial charge >= 0.3 is 5.69 Å². The number of amides is 1. The zero-order valence-corrected chi connectivity index (χ0v) is 18.4. The van der Waals surface area contributed by atoms with Crippen molar-refractivity contribution in [3.63, 3.8) is 0 Å². The Balaban J connectivity index is 1.60. The van der Waals surface area contributed by atoms with Gasteiger partial charge in [-0.1, -0.05) is 0 Å². The second kappa shape index (κ2) is 9.09. The van der Waals surface area contributed by atoms with Gasteiger partial charge in [0.15, 0.2) is 0 Å². The molecule has 32 heavy (non-hydrogen) atoms. The lowest BCUT2D eigenvalue weighted by atomic mass is 10.3. The Morgan fingerprint density at radius 3 is 2.31 bits per heavy atom. The third kappa shape index (κ3) is 5.63. The zero-order valence-electron chi connectivity index (χ0n) is 17.6. The fourth-order valence-electron chi connectivity index (χ4n) is 2.91. The second-order valence-electron chi connectivity index (χ2n) is 7.02. The molecule has 2 heterocycles. The summed E-state index contributed by atoms with van der Waals surface area (Å²) in [5, 5.41) is 17.5. The van der Waals surface area contributed by atoms with Crippen molar-refractivity contribution in [2.75, 3.05) is 10.0 Å². The van der Waals surface area contributed by atoms with Crippen LogP contribution in [0.15, 0.2) is 41.4 Å². The number of nitro groups is 1. The Bertz CT molecular complexity index is 1250. The number of carbonyl (C=O) groups is 1. The highest BCUT2D eigenvalue weighted by molar-refractivity contribution is 7.92. The van der Waals surface area contributed by atoms with Gasteiger partial charge in [-0.2, -0.15) is 5.10 Å². The Kier molecular flexibility index (Phi) is 6.48. The molecule has 2 N–H and O–H groups in total. The first-order valence-corrected chi connectivity index (χ1v) is 11.0. The lowest BCUT2D eigenvalue weighted by Crippen LogP contribution is -2.16. The number of sulfonamides is 1. The minimum Gasteiger partial charge on any atom is -0.326 e. The van der Waals surface area contributed by atoms with Gasteiger partial charge in [0.1, 0.15) is 11.9 Å². The summed E-state index contributed by atoms with van der Waals surface area (Å²) < 4.78 is 28.8. The fourth-order valence-corrected chi connectivity index (χ4v) is 3.85. The fraction of sp³-hybridized carbons (Fsp3) is 0.263. The van der Waals surface area contributed by atoms with Crippen molar-refractivity contribution in [3.8, 4) is 0 Å². The van der Waals surface area contributed by atoms with Crippen molar-refractivity contribution in [1.82, 2.24) is 19.7 Å². The van der Waals surface area contributed by atoms with Gasteiger partial charge in [-0.05, 0) is 51.1 Å². The van der Waals surface area contributed by atoms with Gasteiger partial charge in [0.2, 0.25) is 11.9 Å². The molecule has 0 unspecified atom stereocenters. The maximum absolute atomic E-state index is 12.6. The molecule has 0 saturated carbocycles. The molecule has 3 aromatic rings. The zero-order chi connectivity index (χ0) is 23.5. The Hall–Kier alpha value is -3.87. The molecule has 12 nitrogen and oxygen atoms in total. The lowest BCUT2D eigenvalue weighted by molar-refractivity contribution is -0.385. The van der Waals surface area contributed by atoms with Crippen molar-refractivity contribution in [1.29, 1.82) is 0 Å². The summed E-state index contributed by atoms with van der Waals surface area (Å²) in [6, 6.07) is 7.33. The Labute approximate surface area is 183 Å². The Morgan fingerprint density at radius 2 is 1.75 bits per heavy atom. The number of rotatable bonds is 8. The highest BCUT2D eigenvalue weighted by Gasteiger charge is 2.17. The van der Waals surface area contributed by atoms with Gasteiger partial charge in [-0.25, -0.2) is 23.1 Å². The number of carbonyl (C=O) groups excluding carboxylic acids is 1. The first kappa shape index (κ1) is 22.8. The average Bonchev–Trinajstić information content (AvgIpc) is 3.06. The second-order valence-corrected chi connectivity index (χ2v) is 8.70. The van der Waals surface area contributed by atoms with E-state index < -0.39 is 14.9 Å². The van der Waals surface area contributed by atoms with Gasteiger partial charge in [0.05, 0.1) is 9.82 Å². The van der Waals surface area contributed by atoms with Crippen LogP contribution in [0.2, 0.25) is 0 Å². The van der Waals surface area contributed by atoms with Crippen LogP contribution >= 0.6 is 0 Å². The molecular formula is C19H21N7O5S. The number of hydrogen-bond acceptors (Lipinski definition) is 8. The summed E-state index contributed by atoms with van der Waals surface area (Å²) in [5.41, 5.74) is 1.83. The molecule has 0 aliphatic rings.